The van der Waals surface area contributed by atoms with E-state index in [0.29, 0.717) is 31.0 Å². The summed E-state index contributed by atoms with van der Waals surface area (Å²) in [6.07, 6.45) is -3.24. The van der Waals surface area contributed by atoms with Crippen molar-refractivity contribution < 1.29 is 22.8 Å². The summed E-state index contributed by atoms with van der Waals surface area (Å²) in [5, 5.41) is 3.18. The predicted octanol–water partition coefficient (Wildman–Crippen LogP) is 5.01. The van der Waals surface area contributed by atoms with Crippen molar-refractivity contribution in [3.05, 3.63) is 64.7 Å². The molecule has 1 atom stereocenters. The molecule has 160 valence electrons. The second kappa shape index (κ2) is 8.95. The molecule has 0 saturated carbocycles. The molecule has 0 radical (unpaired) electrons. The predicted molar refractivity (Wildman–Crippen MR) is 108 cm³/mol. The molecule has 1 N–H and O–H groups in total. The highest BCUT2D eigenvalue weighted by molar-refractivity contribution is 6.30. The normalized spacial score (nSPS) is 16.4. The molecule has 9 heteroatoms. The zero-order valence-corrected chi connectivity index (χ0v) is 17.0. The molecule has 3 amide bonds. The summed E-state index contributed by atoms with van der Waals surface area (Å²) in [5.74, 6) is -0.190. The lowest BCUT2D eigenvalue weighted by atomic mass is 10.1. The number of rotatable bonds is 4. The first kappa shape index (κ1) is 22.0. The van der Waals surface area contributed by atoms with E-state index in [4.69, 9.17) is 11.6 Å². The Hall–Kier alpha value is -2.74. The Balaban J connectivity index is 1.63. The van der Waals surface area contributed by atoms with Gasteiger partial charge in [-0.25, -0.2) is 4.79 Å². The lowest BCUT2D eigenvalue weighted by Crippen LogP contribution is -2.47. The Labute approximate surface area is 177 Å². The van der Waals surface area contributed by atoms with Gasteiger partial charge in [0.15, 0.2) is 0 Å². The second-order valence-corrected chi connectivity index (χ2v) is 7.61. The van der Waals surface area contributed by atoms with E-state index in [1.54, 1.807) is 24.1 Å². The topological polar surface area (TPSA) is 52.7 Å². The van der Waals surface area contributed by atoms with E-state index in [1.807, 2.05) is 12.1 Å². The van der Waals surface area contributed by atoms with Crippen LogP contribution in [0.15, 0.2) is 48.5 Å². The van der Waals surface area contributed by atoms with Crippen molar-refractivity contribution >= 4 is 29.2 Å². The molecule has 0 aliphatic carbocycles. The van der Waals surface area contributed by atoms with Crippen LogP contribution in [0.3, 0.4) is 0 Å². The first-order valence-corrected chi connectivity index (χ1v) is 9.77. The molecule has 0 spiro atoms. The zero-order chi connectivity index (χ0) is 21.9. The molecule has 0 aromatic heterocycles. The maximum Gasteiger partial charge on any atom is 0.416 e. The summed E-state index contributed by atoms with van der Waals surface area (Å²) < 4.78 is 38.0. The first-order valence-electron chi connectivity index (χ1n) is 9.39. The number of alkyl halides is 3. The SMILES string of the molecule is CN(Cc1ccc(Cl)cc1)C(=O)[C@H]1CCCN1C(=O)Nc1ccc(C(F)(F)F)cc1. The number of anilines is 1. The number of halogens is 4. The van der Waals surface area contributed by atoms with Gasteiger partial charge in [-0.2, -0.15) is 13.2 Å². The van der Waals surface area contributed by atoms with E-state index in [1.165, 1.54) is 17.0 Å². The quantitative estimate of drug-likeness (QED) is 0.727. The van der Waals surface area contributed by atoms with Gasteiger partial charge in [0.1, 0.15) is 6.04 Å². The highest BCUT2D eigenvalue weighted by atomic mass is 35.5. The van der Waals surface area contributed by atoms with E-state index in [0.717, 1.165) is 17.7 Å². The van der Waals surface area contributed by atoms with E-state index in [2.05, 4.69) is 5.32 Å². The fourth-order valence-electron chi connectivity index (χ4n) is 3.40. The number of likely N-dealkylation sites (N-methyl/N-ethyl adjacent to an activating group) is 1. The van der Waals surface area contributed by atoms with Crippen molar-refractivity contribution in [1.82, 2.24) is 9.80 Å². The van der Waals surface area contributed by atoms with Crippen molar-refractivity contribution in [2.75, 3.05) is 18.9 Å². The van der Waals surface area contributed by atoms with Crippen molar-refractivity contribution in [2.45, 2.75) is 31.6 Å². The molecular weight excluding hydrogens is 419 g/mol. The molecule has 0 unspecified atom stereocenters. The van der Waals surface area contributed by atoms with E-state index < -0.39 is 23.8 Å². The largest absolute Gasteiger partial charge is 0.416 e. The maximum atomic E-state index is 12.9. The number of amides is 3. The van der Waals surface area contributed by atoms with Crippen LogP contribution in [0, 0.1) is 0 Å². The molecule has 2 aromatic carbocycles. The number of nitrogens with zero attached hydrogens (tertiary/aromatic N) is 2. The zero-order valence-electron chi connectivity index (χ0n) is 16.2. The van der Waals surface area contributed by atoms with E-state index in [-0.39, 0.29) is 11.6 Å². The van der Waals surface area contributed by atoms with Crippen LogP contribution in [0.1, 0.15) is 24.0 Å². The molecule has 1 heterocycles. The highest BCUT2D eigenvalue weighted by Gasteiger charge is 2.36. The van der Waals surface area contributed by atoms with Gasteiger partial charge in [-0.05, 0) is 54.8 Å². The van der Waals surface area contributed by atoms with Crippen LogP contribution in [-0.2, 0) is 17.5 Å². The molecule has 2 aromatic rings. The molecule has 3 rings (SSSR count). The summed E-state index contributed by atoms with van der Waals surface area (Å²) in [6, 6.07) is 10.2. The minimum Gasteiger partial charge on any atom is -0.340 e. The molecule has 1 aliphatic heterocycles. The molecule has 1 aliphatic rings. The Morgan fingerprint density at radius 1 is 1.13 bits per heavy atom. The summed E-state index contributed by atoms with van der Waals surface area (Å²) in [6.45, 7) is 0.776. The number of benzene rings is 2. The molecule has 1 saturated heterocycles. The highest BCUT2D eigenvalue weighted by Crippen LogP contribution is 2.30. The summed E-state index contributed by atoms with van der Waals surface area (Å²) in [7, 11) is 1.67. The van der Waals surface area contributed by atoms with Gasteiger partial charge in [0.2, 0.25) is 5.91 Å². The first-order chi connectivity index (χ1) is 14.1. The van der Waals surface area contributed by atoms with Gasteiger partial charge >= 0.3 is 12.2 Å². The van der Waals surface area contributed by atoms with Crippen LogP contribution in [-0.4, -0.2) is 41.4 Å². The number of carbonyl (C=O) groups excluding carboxylic acids is 2. The summed E-state index contributed by atoms with van der Waals surface area (Å²) >= 11 is 5.88. The minimum atomic E-state index is -4.44. The van der Waals surface area contributed by atoms with Gasteiger partial charge in [0.25, 0.3) is 0 Å². The Morgan fingerprint density at radius 2 is 1.77 bits per heavy atom. The fourth-order valence-corrected chi connectivity index (χ4v) is 3.53. The lowest BCUT2D eigenvalue weighted by molar-refractivity contribution is -0.137. The number of urea groups is 1. The lowest BCUT2D eigenvalue weighted by Gasteiger charge is -2.28. The van der Waals surface area contributed by atoms with Crippen molar-refractivity contribution in [1.29, 1.82) is 0 Å². The average molecular weight is 440 g/mol. The van der Waals surface area contributed by atoms with Crippen LogP contribution in [0.2, 0.25) is 5.02 Å². The van der Waals surface area contributed by atoms with Gasteiger partial charge in [-0.3, -0.25) is 4.79 Å². The van der Waals surface area contributed by atoms with Crippen LogP contribution >= 0.6 is 11.6 Å². The number of carbonyl (C=O) groups is 2. The van der Waals surface area contributed by atoms with Crippen molar-refractivity contribution in [3.63, 3.8) is 0 Å². The Kier molecular flexibility index (Phi) is 6.55. The van der Waals surface area contributed by atoms with Crippen LogP contribution in [0.25, 0.3) is 0 Å². The third-order valence-electron chi connectivity index (χ3n) is 4.97. The van der Waals surface area contributed by atoms with E-state index in [9.17, 15) is 22.8 Å². The van der Waals surface area contributed by atoms with Crippen molar-refractivity contribution in [2.24, 2.45) is 0 Å². The smallest absolute Gasteiger partial charge is 0.340 e. The van der Waals surface area contributed by atoms with Gasteiger partial charge in [-0.15, -0.1) is 0 Å². The van der Waals surface area contributed by atoms with Crippen LogP contribution < -0.4 is 5.32 Å². The third kappa shape index (κ3) is 5.24. The monoisotopic (exact) mass is 439 g/mol. The van der Waals surface area contributed by atoms with Gasteiger partial charge < -0.3 is 15.1 Å². The van der Waals surface area contributed by atoms with E-state index >= 15 is 0 Å². The Morgan fingerprint density at radius 3 is 2.37 bits per heavy atom. The van der Waals surface area contributed by atoms with Crippen LogP contribution in [0.4, 0.5) is 23.7 Å². The molecular formula is C21H21ClF3N3O2. The number of nitrogens with one attached hydrogen (secondary N) is 1. The number of hydrogen-bond donors (Lipinski definition) is 1. The second-order valence-electron chi connectivity index (χ2n) is 7.18. The van der Waals surface area contributed by atoms with Gasteiger partial charge in [-0.1, -0.05) is 23.7 Å². The number of hydrogen-bond acceptors (Lipinski definition) is 2. The standard InChI is InChI=1S/C21H21ClF3N3O2/c1-27(13-14-4-8-16(22)9-5-14)19(29)18-3-2-12-28(18)20(30)26-17-10-6-15(7-11-17)21(23,24)25/h4-11,18H,2-3,12-13H2,1H3,(H,26,30)/t18-/m1/s1. The summed E-state index contributed by atoms with van der Waals surface area (Å²) in [4.78, 5) is 28.5. The average Bonchev–Trinajstić information content (AvgIpc) is 3.19. The van der Waals surface area contributed by atoms with Gasteiger partial charge in [0.05, 0.1) is 5.56 Å². The van der Waals surface area contributed by atoms with Crippen LogP contribution in [0.5, 0.6) is 0 Å². The maximum absolute atomic E-state index is 12.9. The molecule has 0 bridgehead atoms. The molecule has 1 fully saturated rings. The fraction of sp³-hybridized carbons (Fsp3) is 0.333. The third-order valence-corrected chi connectivity index (χ3v) is 5.22. The summed E-state index contributed by atoms with van der Waals surface area (Å²) in [5.41, 5.74) is 0.355. The minimum absolute atomic E-state index is 0.190. The number of likely N-dealkylation sites (tertiary alicyclic amines) is 1. The Bertz CT molecular complexity index is 901. The van der Waals surface area contributed by atoms with Crippen molar-refractivity contribution in [3.8, 4) is 0 Å². The molecule has 5 nitrogen and oxygen atoms in total. The molecule has 30 heavy (non-hydrogen) atoms. The van der Waals surface area contributed by atoms with Gasteiger partial charge in [0, 0.05) is 30.8 Å².